The van der Waals surface area contributed by atoms with Crippen molar-refractivity contribution in [2.24, 2.45) is 0 Å². The monoisotopic (exact) mass is 533 g/mol. The lowest BCUT2D eigenvalue weighted by atomic mass is 10.1. The maximum atomic E-state index is 12.9. The van der Waals surface area contributed by atoms with Crippen LogP contribution in [-0.2, 0) is 9.47 Å². The van der Waals surface area contributed by atoms with Crippen LogP contribution in [0.25, 0.3) is 5.65 Å². The van der Waals surface area contributed by atoms with E-state index in [4.69, 9.17) is 18.9 Å². The lowest BCUT2D eigenvalue weighted by Crippen LogP contribution is -2.27. The number of carbonyl (C=O) groups excluding carboxylic acids is 2. The van der Waals surface area contributed by atoms with Gasteiger partial charge in [-0.1, -0.05) is 12.1 Å². The van der Waals surface area contributed by atoms with E-state index in [1.807, 2.05) is 13.0 Å². The fourth-order valence-corrected chi connectivity index (χ4v) is 3.47. The van der Waals surface area contributed by atoms with E-state index in [1.165, 1.54) is 4.52 Å². The minimum Gasteiger partial charge on any atom is -0.491 e. The summed E-state index contributed by atoms with van der Waals surface area (Å²) in [7, 11) is 1.60. The first-order chi connectivity index (χ1) is 18.6. The number of anilines is 2. The number of benzene rings is 2. The number of nitrogens with zero attached hydrogens (tertiary/aromatic N) is 3. The van der Waals surface area contributed by atoms with Crippen molar-refractivity contribution < 1.29 is 28.5 Å². The Kier molecular flexibility index (Phi) is 8.30. The molecule has 2 N–H and O–H groups in total. The van der Waals surface area contributed by atoms with Crippen LogP contribution in [0.5, 0.6) is 17.4 Å². The second kappa shape index (κ2) is 11.8. The molecule has 0 saturated carbocycles. The van der Waals surface area contributed by atoms with Crippen molar-refractivity contribution >= 4 is 29.2 Å². The van der Waals surface area contributed by atoms with Crippen LogP contribution in [-0.4, -0.2) is 52.5 Å². The number of fused-ring (bicyclic) bond motifs is 1. The first-order valence-electron chi connectivity index (χ1n) is 12.3. The summed E-state index contributed by atoms with van der Waals surface area (Å²) >= 11 is 0. The lowest BCUT2D eigenvalue weighted by molar-refractivity contribution is 0.0635. The van der Waals surface area contributed by atoms with Crippen LogP contribution in [0.3, 0.4) is 0 Å². The van der Waals surface area contributed by atoms with Gasteiger partial charge in [0.2, 0.25) is 5.88 Å². The van der Waals surface area contributed by atoms with Gasteiger partial charge >= 0.3 is 6.09 Å². The standard InChI is InChI=1S/C28H31N5O6/c1-18-9-10-21(16-22(18)29-26(34)19-7-6-8-20(15-19)37-14-13-36-5)38-25-12-11-24-30-23(17-33(24)32-25)31-27(35)39-28(2,3)4/h6-12,15-17H,13-14H2,1-5H3,(H,29,34)(H,31,35). The molecule has 0 aliphatic heterocycles. The number of rotatable bonds is 9. The molecule has 39 heavy (non-hydrogen) atoms. The van der Waals surface area contributed by atoms with E-state index in [0.717, 1.165) is 5.56 Å². The highest BCUT2D eigenvalue weighted by Gasteiger charge is 2.17. The lowest BCUT2D eigenvalue weighted by Gasteiger charge is -2.18. The Morgan fingerprint density at radius 1 is 0.974 bits per heavy atom. The molecule has 204 valence electrons. The van der Waals surface area contributed by atoms with Gasteiger partial charge in [0.05, 0.1) is 12.8 Å². The zero-order valence-corrected chi connectivity index (χ0v) is 22.5. The van der Waals surface area contributed by atoms with E-state index in [0.29, 0.717) is 53.3 Å². The quantitative estimate of drug-likeness (QED) is 0.272. The summed E-state index contributed by atoms with van der Waals surface area (Å²) in [6, 6.07) is 15.7. The fourth-order valence-electron chi connectivity index (χ4n) is 3.47. The number of nitrogens with one attached hydrogen (secondary N) is 2. The molecule has 0 atom stereocenters. The fraction of sp³-hybridized carbons (Fsp3) is 0.286. The van der Waals surface area contributed by atoms with Gasteiger partial charge in [-0.2, -0.15) is 0 Å². The van der Waals surface area contributed by atoms with Crippen LogP contribution in [0, 0.1) is 6.92 Å². The zero-order valence-electron chi connectivity index (χ0n) is 22.5. The molecule has 0 aliphatic carbocycles. The minimum atomic E-state index is -0.628. The van der Waals surface area contributed by atoms with Crippen LogP contribution in [0.1, 0.15) is 36.7 Å². The number of hydrogen-bond acceptors (Lipinski definition) is 8. The van der Waals surface area contributed by atoms with Crippen molar-refractivity contribution in [2.75, 3.05) is 31.0 Å². The Morgan fingerprint density at radius 3 is 2.56 bits per heavy atom. The Morgan fingerprint density at radius 2 is 1.79 bits per heavy atom. The van der Waals surface area contributed by atoms with Crippen molar-refractivity contribution in [2.45, 2.75) is 33.3 Å². The Balaban J connectivity index is 1.44. The van der Waals surface area contributed by atoms with Crippen molar-refractivity contribution in [3.63, 3.8) is 0 Å². The van der Waals surface area contributed by atoms with Crippen LogP contribution >= 0.6 is 0 Å². The number of aromatic nitrogens is 3. The molecule has 4 aromatic rings. The number of hydrogen-bond donors (Lipinski definition) is 2. The Hall–Kier alpha value is -4.64. The van der Waals surface area contributed by atoms with Crippen molar-refractivity contribution in [3.8, 4) is 17.4 Å². The maximum Gasteiger partial charge on any atom is 0.413 e. The summed E-state index contributed by atoms with van der Waals surface area (Å²) in [4.78, 5) is 29.3. The van der Waals surface area contributed by atoms with E-state index in [-0.39, 0.29) is 5.91 Å². The van der Waals surface area contributed by atoms with Gasteiger partial charge in [0.1, 0.15) is 23.7 Å². The Labute approximate surface area is 226 Å². The molecule has 0 saturated heterocycles. The van der Waals surface area contributed by atoms with E-state index < -0.39 is 11.7 Å². The van der Waals surface area contributed by atoms with E-state index >= 15 is 0 Å². The molecule has 2 heterocycles. The molecule has 11 nitrogen and oxygen atoms in total. The first kappa shape index (κ1) is 27.4. The highest BCUT2D eigenvalue weighted by Crippen LogP contribution is 2.27. The molecule has 0 aliphatic rings. The van der Waals surface area contributed by atoms with Gasteiger partial charge < -0.3 is 24.3 Å². The van der Waals surface area contributed by atoms with Crippen LogP contribution in [0.4, 0.5) is 16.3 Å². The number of ether oxygens (including phenoxy) is 4. The third-order valence-electron chi connectivity index (χ3n) is 5.26. The van der Waals surface area contributed by atoms with Gasteiger partial charge in [-0.05, 0) is 63.6 Å². The molecule has 0 bridgehead atoms. The third kappa shape index (κ3) is 7.68. The van der Waals surface area contributed by atoms with Gasteiger partial charge in [0.15, 0.2) is 11.5 Å². The summed E-state index contributed by atoms with van der Waals surface area (Å²) in [6.07, 6.45) is 0.946. The molecule has 0 spiro atoms. The SMILES string of the molecule is COCCOc1cccc(C(=O)Nc2cc(Oc3ccc4nc(NC(=O)OC(C)(C)C)cn4n3)ccc2C)c1. The predicted molar refractivity (Wildman–Crippen MR) is 146 cm³/mol. The predicted octanol–water partition coefficient (Wildman–Crippen LogP) is 5.45. The summed E-state index contributed by atoms with van der Waals surface area (Å²) in [5.41, 5.74) is 1.80. The number of imidazole rings is 1. The number of aryl methyl sites for hydroxylation is 1. The summed E-state index contributed by atoms with van der Waals surface area (Å²) in [5, 5.41) is 9.92. The van der Waals surface area contributed by atoms with Gasteiger partial charge in [-0.15, -0.1) is 5.10 Å². The second-order valence-corrected chi connectivity index (χ2v) is 9.63. The van der Waals surface area contributed by atoms with E-state index in [2.05, 4.69) is 20.7 Å². The maximum absolute atomic E-state index is 12.9. The average molecular weight is 534 g/mol. The molecule has 2 aromatic heterocycles. The van der Waals surface area contributed by atoms with E-state index in [9.17, 15) is 9.59 Å². The van der Waals surface area contributed by atoms with Crippen LogP contribution in [0.2, 0.25) is 0 Å². The molecule has 0 unspecified atom stereocenters. The number of amides is 2. The van der Waals surface area contributed by atoms with Gasteiger partial charge in [-0.3, -0.25) is 10.1 Å². The molecule has 2 amide bonds. The third-order valence-corrected chi connectivity index (χ3v) is 5.26. The molecular weight excluding hydrogens is 502 g/mol. The van der Waals surface area contributed by atoms with Gasteiger partial charge in [-0.25, -0.2) is 14.3 Å². The smallest absolute Gasteiger partial charge is 0.413 e. The van der Waals surface area contributed by atoms with Crippen molar-refractivity contribution in [1.82, 2.24) is 14.6 Å². The topological polar surface area (TPSA) is 125 Å². The minimum absolute atomic E-state index is 0.282. The molecule has 4 rings (SSSR count). The molecule has 0 radical (unpaired) electrons. The van der Waals surface area contributed by atoms with Crippen molar-refractivity contribution in [3.05, 3.63) is 71.9 Å². The van der Waals surface area contributed by atoms with Gasteiger partial charge in [0.25, 0.3) is 5.91 Å². The van der Waals surface area contributed by atoms with Crippen LogP contribution < -0.4 is 20.1 Å². The largest absolute Gasteiger partial charge is 0.491 e. The first-order valence-corrected chi connectivity index (χ1v) is 12.3. The molecule has 0 fully saturated rings. The normalized spacial score (nSPS) is 11.2. The molecular formula is C28H31N5O6. The summed E-state index contributed by atoms with van der Waals surface area (Å²) in [6.45, 7) is 8.07. The van der Waals surface area contributed by atoms with Gasteiger partial charge in [0, 0.05) is 30.5 Å². The summed E-state index contributed by atoms with van der Waals surface area (Å²) in [5.74, 6) is 1.37. The zero-order chi connectivity index (χ0) is 28.0. The highest BCUT2D eigenvalue weighted by atomic mass is 16.6. The summed E-state index contributed by atoms with van der Waals surface area (Å²) < 4.78 is 23.3. The number of carbonyl (C=O) groups is 2. The average Bonchev–Trinajstić information content (AvgIpc) is 3.26. The van der Waals surface area contributed by atoms with Crippen molar-refractivity contribution in [1.29, 1.82) is 0 Å². The molecule has 11 heteroatoms. The Bertz CT molecular complexity index is 1480. The number of methoxy groups -OCH3 is 1. The molecule has 2 aromatic carbocycles. The highest BCUT2D eigenvalue weighted by molar-refractivity contribution is 6.05. The second-order valence-electron chi connectivity index (χ2n) is 9.63. The van der Waals surface area contributed by atoms with Crippen LogP contribution in [0.15, 0.2) is 60.8 Å². The van der Waals surface area contributed by atoms with E-state index in [1.54, 1.807) is 82.6 Å².